The van der Waals surface area contributed by atoms with Gasteiger partial charge in [-0.25, -0.2) is 0 Å². The highest BCUT2D eigenvalue weighted by Gasteiger charge is 2.33. The number of primary amides is 1. The van der Waals surface area contributed by atoms with Crippen LogP contribution in [-0.4, -0.2) is 66.8 Å². The van der Waals surface area contributed by atoms with Crippen LogP contribution in [0.1, 0.15) is 62.1 Å². The molecule has 1 heterocycles. The maximum atomic E-state index is 14.6. The Kier molecular flexibility index (Phi) is 15.2. The Bertz CT molecular complexity index is 2220. The molecule has 0 aromatic heterocycles. The molecule has 0 spiro atoms. The van der Waals surface area contributed by atoms with E-state index >= 15 is 0 Å². The second-order valence-electron chi connectivity index (χ2n) is 15.6. The molecule has 11 heteroatoms. The van der Waals surface area contributed by atoms with Gasteiger partial charge in [0.05, 0.1) is 0 Å². The smallest absolute Gasteiger partial charge is 0.243 e. The lowest BCUT2D eigenvalue weighted by molar-refractivity contribution is -0.135. The first-order valence-corrected chi connectivity index (χ1v) is 20.9. The summed E-state index contributed by atoms with van der Waals surface area (Å²) in [4.78, 5) is 69.2. The maximum Gasteiger partial charge on any atom is 0.243 e. The first kappa shape index (κ1) is 42.5. The summed E-state index contributed by atoms with van der Waals surface area (Å²) in [5.41, 5.74) is 8.16. The first-order chi connectivity index (χ1) is 28.7. The van der Waals surface area contributed by atoms with Gasteiger partial charge in [-0.1, -0.05) is 141 Å². The van der Waals surface area contributed by atoms with Crippen molar-refractivity contribution in [3.63, 3.8) is 0 Å². The van der Waals surface area contributed by atoms with Crippen LogP contribution in [0.15, 0.2) is 115 Å². The van der Waals surface area contributed by atoms with Gasteiger partial charge in [0.25, 0.3) is 0 Å². The lowest BCUT2D eigenvalue weighted by atomic mass is 9.95. The zero-order valence-electron chi connectivity index (χ0n) is 33.8. The molecule has 0 saturated carbocycles. The van der Waals surface area contributed by atoms with Crippen LogP contribution < -0.4 is 32.3 Å². The molecule has 0 aliphatic carbocycles. The van der Waals surface area contributed by atoms with Crippen LogP contribution in [0.3, 0.4) is 0 Å². The average molecular weight is 797 g/mol. The molecule has 1 aliphatic heterocycles. The summed E-state index contributed by atoms with van der Waals surface area (Å²) in [5, 5.41) is 19.1. The molecule has 4 atom stereocenters. The van der Waals surface area contributed by atoms with E-state index < -0.39 is 47.8 Å². The summed E-state index contributed by atoms with van der Waals surface area (Å²) >= 11 is 0. The van der Waals surface area contributed by atoms with Crippen molar-refractivity contribution in [3.8, 4) is 0 Å². The van der Waals surface area contributed by atoms with E-state index in [2.05, 4.69) is 26.6 Å². The topological polar surface area (TPSA) is 172 Å². The van der Waals surface area contributed by atoms with Gasteiger partial charge in [0.2, 0.25) is 29.5 Å². The molecule has 1 saturated heterocycles. The van der Waals surface area contributed by atoms with E-state index in [1.165, 1.54) is 0 Å². The number of nitrogens with one attached hydrogen (secondary N) is 5. The Hall–Kier alpha value is -6.07. The van der Waals surface area contributed by atoms with E-state index in [0.29, 0.717) is 38.8 Å². The fraction of sp³-hybridized carbons (Fsp3) is 0.354. The number of hydrogen-bond donors (Lipinski definition) is 6. The van der Waals surface area contributed by atoms with E-state index in [1.807, 2.05) is 122 Å². The van der Waals surface area contributed by atoms with Crippen LogP contribution in [0, 0.1) is 5.92 Å². The second-order valence-corrected chi connectivity index (χ2v) is 15.6. The third kappa shape index (κ3) is 12.2. The van der Waals surface area contributed by atoms with Crippen molar-refractivity contribution in [1.29, 1.82) is 0 Å². The molecule has 0 bridgehead atoms. The van der Waals surface area contributed by atoms with Crippen LogP contribution in [0.25, 0.3) is 21.5 Å². The molecule has 59 heavy (non-hydrogen) atoms. The van der Waals surface area contributed by atoms with E-state index in [9.17, 15) is 24.0 Å². The number of rotatable bonds is 19. The highest BCUT2D eigenvalue weighted by Crippen LogP contribution is 2.20. The number of amides is 5. The highest BCUT2D eigenvalue weighted by atomic mass is 16.2. The third-order valence-corrected chi connectivity index (χ3v) is 11.2. The zero-order valence-corrected chi connectivity index (χ0v) is 33.8. The van der Waals surface area contributed by atoms with E-state index in [-0.39, 0.29) is 31.1 Å². The third-order valence-electron chi connectivity index (χ3n) is 11.2. The molecular formula is C48H56N6O5. The van der Waals surface area contributed by atoms with Gasteiger partial charge in [0.15, 0.2) is 0 Å². The largest absolute Gasteiger partial charge is 0.368 e. The lowest BCUT2D eigenvalue weighted by Gasteiger charge is -2.28. The first-order valence-electron chi connectivity index (χ1n) is 20.9. The van der Waals surface area contributed by atoms with Gasteiger partial charge in [-0.3, -0.25) is 24.0 Å². The number of carbonyl (C=O) groups excluding carboxylic acids is 5. The fourth-order valence-corrected chi connectivity index (χ4v) is 7.76. The molecule has 0 radical (unpaired) electrons. The molecule has 308 valence electrons. The lowest BCUT2D eigenvalue weighted by Crippen LogP contribution is -2.59. The number of nitrogens with two attached hydrogens (primary N) is 1. The number of benzene rings is 5. The Morgan fingerprint density at radius 3 is 1.53 bits per heavy atom. The molecular weight excluding hydrogens is 741 g/mol. The summed E-state index contributed by atoms with van der Waals surface area (Å²) in [6.07, 6.45) is 4.63. The molecule has 5 aromatic rings. The molecule has 1 aliphatic rings. The van der Waals surface area contributed by atoms with Crippen LogP contribution in [0.5, 0.6) is 0 Å². The van der Waals surface area contributed by atoms with E-state index in [0.717, 1.165) is 51.1 Å². The Morgan fingerprint density at radius 1 is 0.559 bits per heavy atom. The standard InChI is InChI=1S/C48H56N6O5/c1-2-3-5-18-40(44(49)55)51-46(57)41(29-32-12-6-4-7-13-32)53-48(59)43(31-34-20-22-36-15-9-11-17-39(36)28-34)54-47(58)42(52-45(56)37-23-25-50-26-24-37)30-33-19-21-35-14-8-10-16-38(35)27-33/h4,6-17,19-22,27-28,37,40-43,50H,2-3,5,18,23-26,29-31H2,1H3,(H2,49,55)(H,51,57)(H,52,56)(H,53,59)(H,54,58)/t40?,41-,42?,43+/m0/s1. The minimum Gasteiger partial charge on any atom is -0.368 e. The molecule has 2 unspecified atom stereocenters. The van der Waals surface area contributed by atoms with Crippen molar-refractivity contribution in [2.45, 2.75) is 88.9 Å². The minimum absolute atomic E-state index is 0.105. The normalized spacial score (nSPS) is 15.1. The summed E-state index contributed by atoms with van der Waals surface area (Å²) in [6, 6.07) is 32.8. The minimum atomic E-state index is -1.14. The van der Waals surface area contributed by atoms with Crippen LogP contribution in [0.4, 0.5) is 0 Å². The van der Waals surface area contributed by atoms with Gasteiger partial charge in [-0.2, -0.15) is 0 Å². The second kappa shape index (κ2) is 21.1. The Labute approximate surface area is 346 Å². The molecule has 7 N–H and O–H groups in total. The monoisotopic (exact) mass is 796 g/mol. The predicted molar refractivity (Wildman–Crippen MR) is 232 cm³/mol. The summed E-state index contributed by atoms with van der Waals surface area (Å²) < 4.78 is 0. The summed E-state index contributed by atoms with van der Waals surface area (Å²) in [6.45, 7) is 3.47. The van der Waals surface area contributed by atoms with Crippen molar-refractivity contribution in [2.75, 3.05) is 13.1 Å². The number of fused-ring (bicyclic) bond motifs is 2. The van der Waals surface area contributed by atoms with Crippen LogP contribution >= 0.6 is 0 Å². The van der Waals surface area contributed by atoms with Crippen LogP contribution in [0.2, 0.25) is 0 Å². The Balaban J connectivity index is 1.29. The fourth-order valence-electron chi connectivity index (χ4n) is 7.76. The van der Waals surface area contributed by atoms with Crippen molar-refractivity contribution in [3.05, 3.63) is 132 Å². The van der Waals surface area contributed by atoms with Gasteiger partial charge in [0, 0.05) is 25.2 Å². The van der Waals surface area contributed by atoms with Crippen molar-refractivity contribution < 1.29 is 24.0 Å². The average Bonchev–Trinajstić information content (AvgIpc) is 3.25. The SMILES string of the molecule is CCCCCC(NC(=O)[C@H](Cc1ccccc1)NC(=O)[C@@H](Cc1ccc2ccccc2c1)NC(=O)C(Cc1ccc2ccccc2c1)NC(=O)C1CCNCC1)C(N)=O. The molecule has 1 fully saturated rings. The van der Waals surface area contributed by atoms with Crippen LogP contribution in [-0.2, 0) is 43.2 Å². The zero-order chi connectivity index (χ0) is 41.6. The molecule has 6 rings (SSSR count). The van der Waals surface area contributed by atoms with E-state index in [1.54, 1.807) is 0 Å². The van der Waals surface area contributed by atoms with Crippen molar-refractivity contribution in [1.82, 2.24) is 26.6 Å². The molecule has 11 nitrogen and oxygen atoms in total. The summed E-state index contributed by atoms with van der Waals surface area (Å²) in [5.74, 6) is -2.76. The number of piperidine rings is 1. The van der Waals surface area contributed by atoms with Gasteiger partial charge < -0.3 is 32.3 Å². The number of carbonyl (C=O) groups is 5. The van der Waals surface area contributed by atoms with Gasteiger partial charge >= 0.3 is 0 Å². The van der Waals surface area contributed by atoms with Gasteiger partial charge in [0.1, 0.15) is 24.2 Å². The van der Waals surface area contributed by atoms with Crippen molar-refractivity contribution in [2.24, 2.45) is 11.7 Å². The number of hydrogen-bond acceptors (Lipinski definition) is 6. The van der Waals surface area contributed by atoms with Gasteiger partial charge in [-0.05, 0) is 70.6 Å². The highest BCUT2D eigenvalue weighted by molar-refractivity contribution is 5.96. The molecule has 5 amide bonds. The summed E-state index contributed by atoms with van der Waals surface area (Å²) in [7, 11) is 0. The Morgan fingerprint density at radius 2 is 1.02 bits per heavy atom. The number of unbranched alkanes of at least 4 members (excludes halogenated alkanes) is 2. The van der Waals surface area contributed by atoms with E-state index in [4.69, 9.17) is 5.73 Å². The predicted octanol–water partition coefficient (Wildman–Crippen LogP) is 5.03. The maximum absolute atomic E-state index is 14.6. The quantitative estimate of drug-likeness (QED) is 0.0641. The van der Waals surface area contributed by atoms with Gasteiger partial charge in [-0.15, -0.1) is 0 Å². The molecule has 5 aromatic carbocycles. The van der Waals surface area contributed by atoms with Crippen molar-refractivity contribution >= 4 is 51.1 Å².